The number of carbonyl (C=O) groups is 2. The van der Waals surface area contributed by atoms with Crippen molar-refractivity contribution in [3.63, 3.8) is 0 Å². The molecule has 0 saturated carbocycles. The molecule has 1 N–H and O–H groups in total. The quantitative estimate of drug-likeness (QED) is 0.749. The molecule has 0 bridgehead atoms. The first-order valence-electron chi connectivity index (χ1n) is 6.62. The highest BCUT2D eigenvalue weighted by molar-refractivity contribution is 5.90. The zero-order valence-electron chi connectivity index (χ0n) is 12.3. The Morgan fingerprint density at radius 3 is 2.80 bits per heavy atom. The molecular formula is C14H22N4O2. The third kappa shape index (κ3) is 4.87. The molecule has 0 aliphatic rings. The van der Waals surface area contributed by atoms with Crippen LogP contribution in [0.5, 0.6) is 0 Å². The number of carbonyl (C=O) groups excluding carboxylic acids is 2. The number of rotatable bonds is 7. The largest absolute Gasteiger partial charge is 0.354 e. The summed E-state index contributed by atoms with van der Waals surface area (Å²) in [5.41, 5.74) is 0.939. The maximum Gasteiger partial charge on any atom is 0.246 e. The van der Waals surface area contributed by atoms with Crippen molar-refractivity contribution in [1.29, 1.82) is 0 Å². The van der Waals surface area contributed by atoms with E-state index in [0.29, 0.717) is 19.0 Å². The van der Waals surface area contributed by atoms with Crippen molar-refractivity contribution in [3.8, 4) is 0 Å². The van der Waals surface area contributed by atoms with Gasteiger partial charge in [-0.2, -0.15) is 5.10 Å². The highest BCUT2D eigenvalue weighted by Crippen LogP contribution is 2.04. The van der Waals surface area contributed by atoms with E-state index in [1.807, 2.05) is 16.9 Å². The van der Waals surface area contributed by atoms with Gasteiger partial charge in [-0.15, -0.1) is 0 Å². The minimum atomic E-state index is -0.268. The molecule has 0 fully saturated rings. The van der Waals surface area contributed by atoms with E-state index in [4.69, 9.17) is 0 Å². The Morgan fingerprint density at radius 1 is 1.55 bits per heavy atom. The summed E-state index contributed by atoms with van der Waals surface area (Å²) in [5.74, 6) is -0.457. The average molecular weight is 278 g/mol. The first-order chi connectivity index (χ1) is 9.43. The van der Waals surface area contributed by atoms with Crippen molar-refractivity contribution in [1.82, 2.24) is 20.0 Å². The van der Waals surface area contributed by atoms with Gasteiger partial charge in [0, 0.05) is 32.3 Å². The van der Waals surface area contributed by atoms with Gasteiger partial charge in [0.1, 0.15) is 0 Å². The van der Waals surface area contributed by atoms with Crippen LogP contribution in [0, 0.1) is 0 Å². The van der Waals surface area contributed by atoms with Crippen molar-refractivity contribution < 1.29 is 9.59 Å². The minimum absolute atomic E-state index is 0.0330. The second-order valence-corrected chi connectivity index (χ2v) is 4.88. The SMILES string of the molecule is C=CC(=O)N(C)CC(=O)NCCc1ccn(C(C)C)n1. The molecule has 1 aromatic rings. The van der Waals surface area contributed by atoms with E-state index in [2.05, 4.69) is 30.8 Å². The van der Waals surface area contributed by atoms with E-state index in [-0.39, 0.29) is 18.4 Å². The first kappa shape index (κ1) is 15.9. The second kappa shape index (κ2) is 7.47. The fourth-order valence-electron chi connectivity index (χ4n) is 1.63. The summed E-state index contributed by atoms with van der Waals surface area (Å²) < 4.78 is 1.88. The molecule has 0 spiro atoms. The van der Waals surface area contributed by atoms with E-state index >= 15 is 0 Å². The first-order valence-corrected chi connectivity index (χ1v) is 6.62. The van der Waals surface area contributed by atoms with Crippen LogP contribution in [-0.2, 0) is 16.0 Å². The summed E-state index contributed by atoms with van der Waals surface area (Å²) in [7, 11) is 1.56. The molecule has 0 aliphatic carbocycles. The topological polar surface area (TPSA) is 67.2 Å². The summed E-state index contributed by atoms with van der Waals surface area (Å²) in [6.07, 6.45) is 3.79. The molecule has 0 aliphatic heterocycles. The van der Waals surface area contributed by atoms with Crippen LogP contribution in [0.4, 0.5) is 0 Å². The average Bonchev–Trinajstić information content (AvgIpc) is 2.86. The second-order valence-electron chi connectivity index (χ2n) is 4.88. The van der Waals surface area contributed by atoms with Gasteiger partial charge in [-0.25, -0.2) is 0 Å². The smallest absolute Gasteiger partial charge is 0.246 e. The summed E-state index contributed by atoms with van der Waals surface area (Å²) in [6.45, 7) is 8.03. The number of nitrogens with zero attached hydrogens (tertiary/aromatic N) is 3. The number of nitrogens with one attached hydrogen (secondary N) is 1. The Balaban J connectivity index is 2.31. The molecular weight excluding hydrogens is 256 g/mol. The predicted octanol–water partition coefficient (Wildman–Crippen LogP) is 0.767. The molecule has 6 nitrogen and oxygen atoms in total. The Labute approximate surface area is 119 Å². The summed E-state index contributed by atoms with van der Waals surface area (Å²) in [4.78, 5) is 24.2. The molecule has 1 heterocycles. The van der Waals surface area contributed by atoms with Crippen LogP contribution in [-0.4, -0.2) is 46.6 Å². The lowest BCUT2D eigenvalue weighted by atomic mass is 10.3. The van der Waals surface area contributed by atoms with Crippen LogP contribution in [0.1, 0.15) is 25.6 Å². The standard InChI is InChI=1S/C14H22N4O2/c1-5-14(20)17(4)10-13(19)15-8-6-12-7-9-18(16-12)11(2)3/h5,7,9,11H,1,6,8,10H2,2-4H3,(H,15,19). The number of aromatic nitrogens is 2. The van der Waals surface area contributed by atoms with Crippen LogP contribution in [0.3, 0.4) is 0 Å². The van der Waals surface area contributed by atoms with E-state index in [1.165, 1.54) is 11.0 Å². The van der Waals surface area contributed by atoms with Crippen LogP contribution in [0.25, 0.3) is 0 Å². The molecule has 0 aromatic carbocycles. The third-order valence-corrected chi connectivity index (χ3v) is 2.83. The molecule has 110 valence electrons. The van der Waals surface area contributed by atoms with Crippen molar-refractivity contribution in [2.75, 3.05) is 20.1 Å². The van der Waals surface area contributed by atoms with Gasteiger partial charge in [-0.3, -0.25) is 14.3 Å². The normalized spacial score (nSPS) is 10.4. The number of amides is 2. The Morgan fingerprint density at radius 2 is 2.25 bits per heavy atom. The fourth-order valence-corrected chi connectivity index (χ4v) is 1.63. The zero-order valence-corrected chi connectivity index (χ0v) is 12.3. The maximum absolute atomic E-state index is 11.6. The molecule has 0 radical (unpaired) electrons. The molecule has 1 rings (SSSR count). The van der Waals surface area contributed by atoms with Gasteiger partial charge < -0.3 is 10.2 Å². The number of hydrogen-bond donors (Lipinski definition) is 1. The van der Waals surface area contributed by atoms with E-state index < -0.39 is 0 Å². The van der Waals surface area contributed by atoms with Gasteiger partial charge >= 0.3 is 0 Å². The highest BCUT2D eigenvalue weighted by Gasteiger charge is 2.09. The van der Waals surface area contributed by atoms with Crippen LogP contribution >= 0.6 is 0 Å². The molecule has 0 saturated heterocycles. The Kier molecular flexibility index (Phi) is 5.96. The summed E-state index contributed by atoms with van der Waals surface area (Å²) in [6, 6.07) is 2.27. The minimum Gasteiger partial charge on any atom is -0.354 e. The van der Waals surface area contributed by atoms with E-state index in [9.17, 15) is 9.59 Å². The fraction of sp³-hybridized carbons (Fsp3) is 0.500. The Hall–Kier alpha value is -2.11. The van der Waals surface area contributed by atoms with Crippen molar-refractivity contribution in [2.45, 2.75) is 26.3 Å². The summed E-state index contributed by atoms with van der Waals surface area (Å²) in [5, 5.41) is 7.16. The van der Waals surface area contributed by atoms with Crippen molar-refractivity contribution >= 4 is 11.8 Å². The molecule has 1 aromatic heterocycles. The molecule has 6 heteroatoms. The van der Waals surface area contributed by atoms with Crippen molar-refractivity contribution in [3.05, 3.63) is 30.6 Å². The maximum atomic E-state index is 11.6. The Bertz CT molecular complexity index is 479. The summed E-state index contributed by atoms with van der Waals surface area (Å²) >= 11 is 0. The zero-order chi connectivity index (χ0) is 15.1. The third-order valence-electron chi connectivity index (χ3n) is 2.83. The highest BCUT2D eigenvalue weighted by atomic mass is 16.2. The van der Waals surface area contributed by atoms with E-state index in [0.717, 1.165) is 5.69 Å². The van der Waals surface area contributed by atoms with Gasteiger partial charge in [0.15, 0.2) is 0 Å². The molecule has 0 unspecified atom stereocenters. The van der Waals surface area contributed by atoms with Crippen LogP contribution < -0.4 is 5.32 Å². The monoisotopic (exact) mass is 278 g/mol. The number of likely N-dealkylation sites (N-methyl/N-ethyl adjacent to an activating group) is 1. The molecule has 0 atom stereocenters. The predicted molar refractivity (Wildman–Crippen MR) is 77.2 cm³/mol. The lowest BCUT2D eigenvalue weighted by Gasteiger charge is -2.14. The van der Waals surface area contributed by atoms with E-state index in [1.54, 1.807) is 7.05 Å². The van der Waals surface area contributed by atoms with Gasteiger partial charge in [-0.1, -0.05) is 6.58 Å². The van der Waals surface area contributed by atoms with Crippen LogP contribution in [0.2, 0.25) is 0 Å². The van der Waals surface area contributed by atoms with Gasteiger partial charge in [-0.05, 0) is 26.0 Å². The van der Waals surface area contributed by atoms with Gasteiger partial charge in [0.05, 0.1) is 12.2 Å². The molecule has 2 amide bonds. The number of hydrogen-bond acceptors (Lipinski definition) is 3. The van der Waals surface area contributed by atoms with Crippen LogP contribution in [0.15, 0.2) is 24.9 Å². The van der Waals surface area contributed by atoms with Crippen molar-refractivity contribution in [2.24, 2.45) is 0 Å². The lowest BCUT2D eigenvalue weighted by Crippen LogP contribution is -2.38. The molecule has 20 heavy (non-hydrogen) atoms. The van der Waals surface area contributed by atoms with Gasteiger partial charge in [0.2, 0.25) is 11.8 Å². The van der Waals surface area contributed by atoms with Gasteiger partial charge in [0.25, 0.3) is 0 Å². The lowest BCUT2D eigenvalue weighted by molar-refractivity contribution is -0.131.